The van der Waals surface area contributed by atoms with Crippen LogP contribution in [-0.2, 0) is 4.74 Å². The molecular weight excluding hydrogens is 336 g/mol. The van der Waals surface area contributed by atoms with E-state index in [1.807, 2.05) is 31.2 Å². The van der Waals surface area contributed by atoms with E-state index in [9.17, 15) is 9.59 Å². The van der Waals surface area contributed by atoms with Crippen LogP contribution in [0.25, 0.3) is 0 Å². The number of methoxy groups -OCH3 is 1. The second kappa shape index (κ2) is 9.93. The highest BCUT2D eigenvalue weighted by Gasteiger charge is 2.06. The highest BCUT2D eigenvalue weighted by molar-refractivity contribution is 5.92. The minimum atomic E-state index is -0.424. The zero-order chi connectivity index (χ0) is 18.8. The number of amides is 2. The number of carbonyl (C=O) groups excluding carboxylic acids is 2. The Morgan fingerprint density at radius 2 is 1.54 bits per heavy atom. The molecule has 2 amide bonds. The molecule has 0 radical (unpaired) electrons. The van der Waals surface area contributed by atoms with E-state index in [1.165, 1.54) is 7.11 Å². The summed E-state index contributed by atoms with van der Waals surface area (Å²) in [5.74, 6) is 1.07. The summed E-state index contributed by atoms with van der Waals surface area (Å²) in [5.41, 5.74) is 0.991. The van der Waals surface area contributed by atoms with Gasteiger partial charge in [-0.1, -0.05) is 0 Å². The molecule has 0 spiro atoms. The maximum absolute atomic E-state index is 11.8. The molecule has 0 saturated carbocycles. The number of anilines is 1. The Kier molecular flexibility index (Phi) is 7.30. The van der Waals surface area contributed by atoms with Crippen molar-refractivity contribution < 1.29 is 23.8 Å². The van der Waals surface area contributed by atoms with E-state index in [1.54, 1.807) is 24.3 Å². The Morgan fingerprint density at radius 3 is 2.12 bits per heavy atom. The molecule has 2 N–H and O–H groups in total. The molecule has 0 unspecified atom stereocenters. The van der Waals surface area contributed by atoms with Gasteiger partial charge in [-0.25, -0.2) is 9.59 Å². The van der Waals surface area contributed by atoms with Crippen molar-refractivity contribution in [2.75, 3.05) is 32.2 Å². The van der Waals surface area contributed by atoms with Crippen molar-refractivity contribution in [3.63, 3.8) is 0 Å². The second-order valence-electron chi connectivity index (χ2n) is 5.20. The molecule has 2 aromatic rings. The standard InChI is InChI=1S/C19H22N2O5/c1-3-25-16-8-10-17(11-9-16)26-13-12-20-19(23)21-15-6-4-14(5-7-15)18(22)24-2/h4-11H,3,12-13H2,1-2H3,(H2,20,21,23). The Bertz CT molecular complexity index is 714. The van der Waals surface area contributed by atoms with E-state index in [0.29, 0.717) is 36.8 Å². The number of nitrogens with one attached hydrogen (secondary N) is 2. The summed E-state index contributed by atoms with van der Waals surface area (Å²) in [6.07, 6.45) is 0. The first-order chi connectivity index (χ1) is 12.6. The van der Waals surface area contributed by atoms with Gasteiger partial charge in [0, 0.05) is 5.69 Å². The van der Waals surface area contributed by atoms with Crippen molar-refractivity contribution in [1.82, 2.24) is 5.32 Å². The molecule has 7 heteroatoms. The molecule has 0 aliphatic rings. The summed E-state index contributed by atoms with van der Waals surface area (Å²) in [7, 11) is 1.32. The van der Waals surface area contributed by atoms with Gasteiger partial charge in [0.15, 0.2) is 0 Å². The zero-order valence-corrected chi connectivity index (χ0v) is 14.8. The largest absolute Gasteiger partial charge is 0.494 e. The first kappa shape index (κ1) is 19.1. The molecule has 0 bridgehead atoms. The van der Waals surface area contributed by atoms with Crippen LogP contribution < -0.4 is 20.1 Å². The van der Waals surface area contributed by atoms with Crippen LogP contribution in [0.1, 0.15) is 17.3 Å². The van der Waals surface area contributed by atoms with Gasteiger partial charge in [-0.05, 0) is 55.5 Å². The van der Waals surface area contributed by atoms with Gasteiger partial charge in [-0.2, -0.15) is 0 Å². The average Bonchev–Trinajstić information content (AvgIpc) is 2.67. The summed E-state index contributed by atoms with van der Waals surface area (Å²) in [4.78, 5) is 23.2. The highest BCUT2D eigenvalue weighted by Crippen LogP contribution is 2.17. The van der Waals surface area contributed by atoms with E-state index in [-0.39, 0.29) is 6.03 Å². The molecule has 7 nitrogen and oxygen atoms in total. The van der Waals surface area contributed by atoms with Gasteiger partial charge in [0.2, 0.25) is 0 Å². The molecule has 0 atom stereocenters. The number of carbonyl (C=O) groups is 2. The molecule has 138 valence electrons. The quantitative estimate of drug-likeness (QED) is 0.559. The summed E-state index contributed by atoms with van der Waals surface area (Å²) >= 11 is 0. The lowest BCUT2D eigenvalue weighted by Crippen LogP contribution is -2.32. The van der Waals surface area contributed by atoms with Crippen molar-refractivity contribution in [2.24, 2.45) is 0 Å². The predicted molar refractivity (Wildman–Crippen MR) is 97.9 cm³/mol. The van der Waals surface area contributed by atoms with Crippen LogP contribution in [0.3, 0.4) is 0 Å². The molecule has 2 rings (SSSR count). The summed E-state index contributed by atoms with van der Waals surface area (Å²) in [5, 5.41) is 5.36. The van der Waals surface area contributed by atoms with Crippen LogP contribution in [0.15, 0.2) is 48.5 Å². The molecule has 2 aromatic carbocycles. The van der Waals surface area contributed by atoms with Gasteiger partial charge >= 0.3 is 12.0 Å². The number of ether oxygens (including phenoxy) is 3. The number of hydrogen-bond acceptors (Lipinski definition) is 5. The molecule has 26 heavy (non-hydrogen) atoms. The third-order valence-corrected chi connectivity index (χ3v) is 3.35. The number of urea groups is 1. The van der Waals surface area contributed by atoms with Crippen LogP contribution in [0, 0.1) is 0 Å². The maximum atomic E-state index is 11.8. The molecular formula is C19H22N2O5. The van der Waals surface area contributed by atoms with Gasteiger partial charge in [0.1, 0.15) is 18.1 Å². The monoisotopic (exact) mass is 358 g/mol. The van der Waals surface area contributed by atoms with Crippen molar-refractivity contribution in [3.8, 4) is 11.5 Å². The minimum Gasteiger partial charge on any atom is -0.494 e. The van der Waals surface area contributed by atoms with Crippen LogP contribution in [-0.4, -0.2) is 38.9 Å². The summed E-state index contributed by atoms with van der Waals surface area (Å²) in [6, 6.07) is 13.3. The molecule has 0 heterocycles. The van der Waals surface area contributed by atoms with Crippen molar-refractivity contribution >= 4 is 17.7 Å². The normalized spacial score (nSPS) is 9.92. The lowest BCUT2D eigenvalue weighted by atomic mass is 10.2. The molecule has 0 fully saturated rings. The third kappa shape index (κ3) is 6.01. The van der Waals surface area contributed by atoms with Crippen molar-refractivity contribution in [3.05, 3.63) is 54.1 Å². The molecule has 0 saturated heterocycles. The van der Waals surface area contributed by atoms with Crippen molar-refractivity contribution in [2.45, 2.75) is 6.92 Å². The van der Waals surface area contributed by atoms with Gasteiger partial charge in [-0.15, -0.1) is 0 Å². The van der Waals surface area contributed by atoms with Crippen molar-refractivity contribution in [1.29, 1.82) is 0 Å². The third-order valence-electron chi connectivity index (χ3n) is 3.35. The van der Waals surface area contributed by atoms with Gasteiger partial charge in [0.25, 0.3) is 0 Å². The van der Waals surface area contributed by atoms with Gasteiger partial charge in [0.05, 0.1) is 25.8 Å². The fourth-order valence-corrected chi connectivity index (χ4v) is 2.11. The fourth-order valence-electron chi connectivity index (χ4n) is 2.11. The van der Waals surface area contributed by atoms with Crippen LogP contribution in [0.2, 0.25) is 0 Å². The Labute approximate surface area is 152 Å². The van der Waals surface area contributed by atoms with Gasteiger partial charge < -0.3 is 24.8 Å². The van der Waals surface area contributed by atoms with Crippen LogP contribution in [0.4, 0.5) is 10.5 Å². The van der Waals surface area contributed by atoms with E-state index in [0.717, 1.165) is 5.75 Å². The average molecular weight is 358 g/mol. The maximum Gasteiger partial charge on any atom is 0.337 e. The fraction of sp³-hybridized carbons (Fsp3) is 0.263. The highest BCUT2D eigenvalue weighted by atomic mass is 16.5. The van der Waals surface area contributed by atoms with E-state index < -0.39 is 5.97 Å². The Morgan fingerprint density at radius 1 is 0.923 bits per heavy atom. The number of hydrogen-bond donors (Lipinski definition) is 2. The lowest BCUT2D eigenvalue weighted by molar-refractivity contribution is 0.0600. The molecule has 0 aromatic heterocycles. The first-order valence-electron chi connectivity index (χ1n) is 8.21. The number of rotatable bonds is 8. The first-order valence-corrected chi connectivity index (χ1v) is 8.21. The Hall–Kier alpha value is -3.22. The molecule has 0 aliphatic heterocycles. The molecule has 0 aliphatic carbocycles. The SMILES string of the molecule is CCOc1ccc(OCCNC(=O)Nc2ccc(C(=O)OC)cc2)cc1. The van der Waals surface area contributed by atoms with E-state index >= 15 is 0 Å². The van der Waals surface area contributed by atoms with E-state index in [4.69, 9.17) is 9.47 Å². The van der Waals surface area contributed by atoms with Gasteiger partial charge in [-0.3, -0.25) is 0 Å². The lowest BCUT2D eigenvalue weighted by Gasteiger charge is -2.10. The number of esters is 1. The summed E-state index contributed by atoms with van der Waals surface area (Å²) in [6.45, 7) is 3.22. The second-order valence-corrected chi connectivity index (χ2v) is 5.20. The minimum absolute atomic E-state index is 0.336. The Balaban J connectivity index is 1.69. The van der Waals surface area contributed by atoms with E-state index in [2.05, 4.69) is 15.4 Å². The smallest absolute Gasteiger partial charge is 0.337 e. The topological polar surface area (TPSA) is 85.9 Å². The predicted octanol–water partition coefficient (Wildman–Crippen LogP) is 3.07. The zero-order valence-electron chi connectivity index (χ0n) is 14.8. The van der Waals surface area contributed by atoms with Crippen LogP contribution >= 0.6 is 0 Å². The summed E-state index contributed by atoms with van der Waals surface area (Å²) < 4.78 is 15.5. The number of benzene rings is 2. The van der Waals surface area contributed by atoms with Crippen LogP contribution in [0.5, 0.6) is 11.5 Å².